The summed E-state index contributed by atoms with van der Waals surface area (Å²) in [4.78, 5) is 16.5. The van der Waals surface area contributed by atoms with Crippen LogP contribution < -0.4 is 4.57 Å². The molecule has 1 aliphatic rings. The summed E-state index contributed by atoms with van der Waals surface area (Å²) in [6.45, 7) is 9.89. The lowest BCUT2D eigenvalue weighted by Crippen LogP contribution is -2.49. The average Bonchev–Trinajstić information content (AvgIpc) is 2.46. The number of hydrogen-bond acceptors (Lipinski definition) is 2. The van der Waals surface area contributed by atoms with E-state index in [-0.39, 0.29) is 5.91 Å². The van der Waals surface area contributed by atoms with Crippen LogP contribution in [0.15, 0.2) is 24.5 Å². The third-order valence-corrected chi connectivity index (χ3v) is 3.81. The van der Waals surface area contributed by atoms with E-state index in [1.54, 1.807) is 0 Å². The van der Waals surface area contributed by atoms with Crippen LogP contribution in [-0.4, -0.2) is 48.4 Å². The van der Waals surface area contributed by atoms with Gasteiger partial charge in [-0.3, -0.25) is 4.79 Å². The zero-order valence-electron chi connectivity index (χ0n) is 12.0. The highest BCUT2D eigenvalue weighted by molar-refractivity contribution is 5.76. The predicted octanol–water partition coefficient (Wildman–Crippen LogP) is 0.837. The molecule has 19 heavy (non-hydrogen) atoms. The summed E-state index contributed by atoms with van der Waals surface area (Å²) in [6, 6.07) is 4.15. The van der Waals surface area contributed by atoms with E-state index in [1.807, 2.05) is 17.3 Å². The molecule has 1 fully saturated rings. The van der Waals surface area contributed by atoms with Gasteiger partial charge in [-0.2, -0.15) is 0 Å². The number of aryl methyl sites for hydroxylation is 2. The van der Waals surface area contributed by atoms with E-state index >= 15 is 0 Å². The van der Waals surface area contributed by atoms with Crippen molar-refractivity contribution in [1.82, 2.24) is 9.80 Å². The quantitative estimate of drug-likeness (QED) is 0.752. The number of carbonyl (C=O) groups excluding carboxylic acids is 1. The van der Waals surface area contributed by atoms with Crippen molar-refractivity contribution in [2.45, 2.75) is 26.8 Å². The van der Waals surface area contributed by atoms with Gasteiger partial charge in [0.2, 0.25) is 5.91 Å². The van der Waals surface area contributed by atoms with Gasteiger partial charge in [-0.15, -0.1) is 0 Å². The number of pyridine rings is 1. The van der Waals surface area contributed by atoms with Gasteiger partial charge in [0.05, 0.1) is 6.42 Å². The van der Waals surface area contributed by atoms with Crippen LogP contribution in [0.2, 0.25) is 0 Å². The Morgan fingerprint density at radius 1 is 1.21 bits per heavy atom. The summed E-state index contributed by atoms with van der Waals surface area (Å²) < 4.78 is 2.08. The second kappa shape index (κ2) is 6.66. The van der Waals surface area contributed by atoms with Crippen molar-refractivity contribution in [2.75, 3.05) is 32.7 Å². The number of rotatable bonds is 4. The Morgan fingerprint density at radius 2 is 1.84 bits per heavy atom. The highest BCUT2D eigenvalue weighted by Gasteiger charge is 2.20. The summed E-state index contributed by atoms with van der Waals surface area (Å²) in [5.41, 5.74) is 1.25. The molecule has 2 rings (SSSR count). The van der Waals surface area contributed by atoms with Crippen molar-refractivity contribution >= 4 is 5.91 Å². The van der Waals surface area contributed by atoms with Gasteiger partial charge >= 0.3 is 0 Å². The summed E-state index contributed by atoms with van der Waals surface area (Å²) in [6.07, 6.45) is 4.68. The van der Waals surface area contributed by atoms with Gasteiger partial charge in [-0.1, -0.05) is 6.92 Å². The molecule has 1 amide bonds. The van der Waals surface area contributed by atoms with Gasteiger partial charge in [0.15, 0.2) is 18.9 Å². The maximum Gasteiger partial charge on any atom is 0.229 e. The molecule has 0 atom stereocenters. The first-order chi connectivity index (χ1) is 9.19. The molecule has 0 aliphatic carbocycles. The first-order valence-electron chi connectivity index (χ1n) is 7.15. The first kappa shape index (κ1) is 14.0. The number of likely N-dealkylation sites (N-methyl/N-ethyl adjacent to an activating group) is 1. The Labute approximate surface area is 115 Å². The van der Waals surface area contributed by atoms with Crippen LogP contribution in [0.4, 0.5) is 0 Å². The Kier molecular flexibility index (Phi) is 4.91. The summed E-state index contributed by atoms with van der Waals surface area (Å²) >= 11 is 0. The minimum absolute atomic E-state index is 0.281. The molecule has 1 saturated heterocycles. The van der Waals surface area contributed by atoms with Crippen molar-refractivity contribution in [3.05, 3.63) is 30.1 Å². The fraction of sp³-hybridized carbons (Fsp3) is 0.600. The minimum Gasteiger partial charge on any atom is -0.340 e. The van der Waals surface area contributed by atoms with Crippen molar-refractivity contribution < 1.29 is 9.36 Å². The van der Waals surface area contributed by atoms with Gasteiger partial charge in [0.25, 0.3) is 0 Å². The summed E-state index contributed by atoms with van der Waals surface area (Å²) in [5, 5.41) is 0. The molecule has 2 heterocycles. The zero-order valence-corrected chi connectivity index (χ0v) is 12.0. The predicted molar refractivity (Wildman–Crippen MR) is 74.7 cm³/mol. The molecule has 1 aliphatic heterocycles. The molecule has 1 aromatic rings. The Morgan fingerprint density at radius 3 is 2.42 bits per heavy atom. The number of nitrogens with zero attached hydrogens (tertiary/aromatic N) is 3. The van der Waals surface area contributed by atoms with Gasteiger partial charge in [-0.25, -0.2) is 4.57 Å². The van der Waals surface area contributed by atoms with E-state index in [0.29, 0.717) is 6.42 Å². The molecule has 0 N–H and O–H groups in total. The fourth-order valence-electron chi connectivity index (χ4n) is 2.38. The van der Waals surface area contributed by atoms with Crippen LogP contribution in [-0.2, 0) is 11.3 Å². The van der Waals surface area contributed by atoms with Crippen LogP contribution in [0, 0.1) is 6.92 Å². The van der Waals surface area contributed by atoms with Gasteiger partial charge in [-0.05, 0) is 19.0 Å². The normalized spacial score (nSPS) is 16.6. The lowest BCUT2D eigenvalue weighted by molar-refractivity contribution is -0.696. The molecule has 0 bridgehead atoms. The highest BCUT2D eigenvalue weighted by Crippen LogP contribution is 2.03. The molecule has 0 saturated carbocycles. The second-order valence-corrected chi connectivity index (χ2v) is 5.18. The standard InChI is InChI=1S/C15H24N3O/c1-3-16-10-12-18(13-11-16)15(19)6-9-17-7-4-14(2)5-8-17/h4-5,7-8H,3,6,9-13H2,1-2H3/q+1. The smallest absolute Gasteiger partial charge is 0.229 e. The molecular weight excluding hydrogens is 238 g/mol. The highest BCUT2D eigenvalue weighted by atomic mass is 16.2. The number of hydrogen-bond donors (Lipinski definition) is 0. The summed E-state index contributed by atoms with van der Waals surface area (Å²) in [7, 11) is 0. The topological polar surface area (TPSA) is 27.4 Å². The van der Waals surface area contributed by atoms with E-state index in [1.165, 1.54) is 5.56 Å². The Balaban J connectivity index is 1.77. The minimum atomic E-state index is 0.281. The third kappa shape index (κ3) is 4.03. The molecule has 1 aromatic heterocycles. The van der Waals surface area contributed by atoms with Crippen molar-refractivity contribution in [3.63, 3.8) is 0 Å². The number of carbonyl (C=O) groups is 1. The van der Waals surface area contributed by atoms with Crippen LogP contribution in [0.3, 0.4) is 0 Å². The third-order valence-electron chi connectivity index (χ3n) is 3.81. The maximum atomic E-state index is 12.1. The molecule has 0 aromatic carbocycles. The molecule has 4 nitrogen and oxygen atoms in total. The number of piperazine rings is 1. The SMILES string of the molecule is CCN1CCN(C(=O)CC[n+]2ccc(C)cc2)CC1. The van der Waals surface area contributed by atoms with E-state index in [4.69, 9.17) is 0 Å². The molecule has 4 heteroatoms. The fourth-order valence-corrected chi connectivity index (χ4v) is 2.38. The Hall–Kier alpha value is -1.42. The average molecular weight is 262 g/mol. The second-order valence-electron chi connectivity index (χ2n) is 5.18. The van der Waals surface area contributed by atoms with Crippen LogP contribution in [0.5, 0.6) is 0 Å². The van der Waals surface area contributed by atoms with Gasteiger partial charge in [0, 0.05) is 38.3 Å². The van der Waals surface area contributed by atoms with Crippen LogP contribution >= 0.6 is 0 Å². The van der Waals surface area contributed by atoms with Gasteiger partial charge in [0.1, 0.15) is 0 Å². The van der Waals surface area contributed by atoms with E-state index < -0.39 is 0 Å². The molecule has 0 spiro atoms. The van der Waals surface area contributed by atoms with Crippen LogP contribution in [0.25, 0.3) is 0 Å². The Bertz CT molecular complexity index is 408. The zero-order chi connectivity index (χ0) is 13.7. The monoisotopic (exact) mass is 262 g/mol. The van der Waals surface area contributed by atoms with E-state index in [2.05, 4.69) is 35.4 Å². The molecule has 104 valence electrons. The summed E-state index contributed by atoms with van der Waals surface area (Å²) in [5.74, 6) is 0.281. The lowest BCUT2D eigenvalue weighted by atomic mass is 10.2. The molecular formula is C15H24N3O+. The number of amides is 1. The van der Waals surface area contributed by atoms with E-state index in [9.17, 15) is 4.79 Å². The molecule has 0 unspecified atom stereocenters. The number of aromatic nitrogens is 1. The van der Waals surface area contributed by atoms with Crippen molar-refractivity contribution in [1.29, 1.82) is 0 Å². The lowest BCUT2D eigenvalue weighted by Gasteiger charge is -2.33. The molecule has 0 radical (unpaired) electrons. The first-order valence-corrected chi connectivity index (χ1v) is 7.15. The van der Waals surface area contributed by atoms with Crippen molar-refractivity contribution in [3.8, 4) is 0 Å². The van der Waals surface area contributed by atoms with E-state index in [0.717, 1.165) is 39.3 Å². The maximum absolute atomic E-state index is 12.1. The van der Waals surface area contributed by atoms with Gasteiger partial charge < -0.3 is 9.80 Å². The largest absolute Gasteiger partial charge is 0.340 e. The van der Waals surface area contributed by atoms with Crippen molar-refractivity contribution in [2.24, 2.45) is 0 Å². The van der Waals surface area contributed by atoms with Crippen LogP contribution in [0.1, 0.15) is 18.9 Å².